The van der Waals surface area contributed by atoms with E-state index in [1.165, 1.54) is 0 Å². The van der Waals surface area contributed by atoms with Gasteiger partial charge in [-0.05, 0) is 36.5 Å². The van der Waals surface area contributed by atoms with E-state index in [0.717, 1.165) is 12.1 Å². The number of hydrogen-bond donors (Lipinski definition) is 1. The highest BCUT2D eigenvalue weighted by Gasteiger charge is 2.56. The minimum atomic E-state index is -0.475. The first-order chi connectivity index (χ1) is 10.7. The molecule has 6 nitrogen and oxygen atoms in total. The highest BCUT2D eigenvalue weighted by Crippen LogP contribution is 2.49. The van der Waals surface area contributed by atoms with E-state index in [9.17, 15) is 9.59 Å². The van der Waals surface area contributed by atoms with Crippen LogP contribution in [0, 0.1) is 11.8 Å². The zero-order valence-corrected chi connectivity index (χ0v) is 11.9. The Morgan fingerprint density at radius 3 is 2.68 bits per heavy atom. The molecule has 2 aliphatic rings. The minimum absolute atomic E-state index is 0.183. The number of nitrogens with zero attached hydrogens (tertiary/aromatic N) is 3. The van der Waals surface area contributed by atoms with Gasteiger partial charge in [0, 0.05) is 6.54 Å². The lowest BCUT2D eigenvalue weighted by atomic mass is 10.1. The number of piperidine rings is 1. The topological polar surface area (TPSA) is 81.2 Å². The quantitative estimate of drug-likeness (QED) is 0.910. The van der Waals surface area contributed by atoms with Crippen LogP contribution < -0.4 is 5.73 Å². The summed E-state index contributed by atoms with van der Waals surface area (Å²) in [5, 5.41) is 4.23. The van der Waals surface area contributed by atoms with E-state index in [2.05, 4.69) is 5.10 Å². The molecule has 2 amide bonds. The number of hydrogen-bond acceptors (Lipinski definition) is 3. The zero-order valence-electron chi connectivity index (χ0n) is 11.9. The summed E-state index contributed by atoms with van der Waals surface area (Å²) in [6, 6.07) is 10.7. The first-order valence-corrected chi connectivity index (χ1v) is 7.36. The lowest BCUT2D eigenvalue weighted by Gasteiger charge is -2.25. The second-order valence-corrected chi connectivity index (χ2v) is 5.93. The Morgan fingerprint density at radius 1 is 1.18 bits per heavy atom. The fourth-order valence-corrected chi connectivity index (χ4v) is 3.43. The maximum Gasteiger partial charge on any atom is 0.273 e. The van der Waals surface area contributed by atoms with Crippen LogP contribution in [0.2, 0.25) is 0 Å². The van der Waals surface area contributed by atoms with Crippen molar-refractivity contribution in [3.05, 3.63) is 48.3 Å². The molecule has 1 aliphatic heterocycles. The molecule has 1 saturated carbocycles. The Labute approximate surface area is 127 Å². The first-order valence-electron chi connectivity index (χ1n) is 7.36. The number of fused-ring (bicyclic) bond motifs is 1. The van der Waals surface area contributed by atoms with Gasteiger partial charge in [0.05, 0.1) is 11.9 Å². The van der Waals surface area contributed by atoms with Gasteiger partial charge in [0.1, 0.15) is 11.7 Å². The van der Waals surface area contributed by atoms with Crippen LogP contribution in [0.3, 0.4) is 0 Å². The number of para-hydroxylation sites is 1. The van der Waals surface area contributed by atoms with E-state index in [1.54, 1.807) is 21.8 Å². The van der Waals surface area contributed by atoms with Crippen LogP contribution in [-0.4, -0.2) is 39.1 Å². The molecule has 22 heavy (non-hydrogen) atoms. The number of rotatable bonds is 3. The van der Waals surface area contributed by atoms with Crippen LogP contribution in [0.1, 0.15) is 16.9 Å². The standard InChI is InChI=1S/C16H16N4O2/c17-15(21)14-12-8-10(12)9-19(14)16(22)13-6-7-18-20(13)11-4-2-1-3-5-11/h1-7,10,12,14H,8-9H2,(H2,17,21)/t10-,12-,14+/m1/s1. The third-order valence-corrected chi connectivity index (χ3v) is 4.56. The Hall–Kier alpha value is -2.63. The van der Waals surface area contributed by atoms with Crippen molar-refractivity contribution >= 4 is 11.8 Å². The molecule has 4 rings (SSSR count). The van der Waals surface area contributed by atoms with Gasteiger partial charge in [-0.15, -0.1) is 0 Å². The maximum absolute atomic E-state index is 12.8. The molecule has 1 aromatic heterocycles. The third kappa shape index (κ3) is 1.91. The average molecular weight is 296 g/mol. The van der Waals surface area contributed by atoms with Gasteiger partial charge < -0.3 is 10.6 Å². The summed E-state index contributed by atoms with van der Waals surface area (Å²) in [6.07, 6.45) is 2.59. The van der Waals surface area contributed by atoms with Gasteiger partial charge in [0.2, 0.25) is 5.91 Å². The van der Waals surface area contributed by atoms with E-state index in [-0.39, 0.29) is 11.8 Å². The summed E-state index contributed by atoms with van der Waals surface area (Å²) in [5.74, 6) is 0.0746. The molecule has 2 heterocycles. The lowest BCUT2D eigenvalue weighted by molar-refractivity contribution is -0.122. The number of primary amides is 1. The SMILES string of the molecule is NC(=O)[C@@H]1[C@@H]2C[C@@H]2CN1C(=O)c1ccnn1-c1ccccc1. The molecule has 1 aromatic carbocycles. The van der Waals surface area contributed by atoms with Crippen molar-refractivity contribution in [3.8, 4) is 5.69 Å². The Bertz CT molecular complexity index is 740. The van der Waals surface area contributed by atoms with Crippen molar-refractivity contribution in [2.24, 2.45) is 17.6 Å². The van der Waals surface area contributed by atoms with Crippen LogP contribution in [0.15, 0.2) is 42.6 Å². The van der Waals surface area contributed by atoms with Crippen molar-refractivity contribution in [2.75, 3.05) is 6.54 Å². The predicted molar refractivity (Wildman–Crippen MR) is 79.2 cm³/mol. The fraction of sp³-hybridized carbons (Fsp3) is 0.312. The smallest absolute Gasteiger partial charge is 0.273 e. The summed E-state index contributed by atoms with van der Waals surface area (Å²) < 4.78 is 1.60. The Morgan fingerprint density at radius 2 is 1.95 bits per heavy atom. The number of benzene rings is 1. The minimum Gasteiger partial charge on any atom is -0.368 e. The van der Waals surface area contributed by atoms with Crippen LogP contribution in [0.4, 0.5) is 0 Å². The summed E-state index contributed by atoms with van der Waals surface area (Å²) in [5.41, 5.74) is 6.76. The molecule has 6 heteroatoms. The van der Waals surface area contributed by atoms with Crippen molar-refractivity contribution in [2.45, 2.75) is 12.5 Å². The van der Waals surface area contributed by atoms with Gasteiger partial charge in [-0.25, -0.2) is 4.68 Å². The highest BCUT2D eigenvalue weighted by molar-refractivity contribution is 5.97. The number of likely N-dealkylation sites (tertiary alicyclic amines) is 1. The molecule has 2 aromatic rings. The Balaban J connectivity index is 1.67. The fourth-order valence-electron chi connectivity index (χ4n) is 3.43. The van der Waals surface area contributed by atoms with Gasteiger partial charge in [0.15, 0.2) is 0 Å². The molecule has 2 fully saturated rings. The largest absolute Gasteiger partial charge is 0.368 e. The molecular formula is C16H16N4O2. The van der Waals surface area contributed by atoms with E-state index in [4.69, 9.17) is 5.73 Å². The van der Waals surface area contributed by atoms with E-state index in [1.807, 2.05) is 30.3 Å². The second-order valence-electron chi connectivity index (χ2n) is 5.93. The molecule has 0 radical (unpaired) electrons. The molecule has 0 spiro atoms. The number of carbonyl (C=O) groups is 2. The van der Waals surface area contributed by atoms with Gasteiger partial charge in [-0.2, -0.15) is 5.10 Å². The molecular weight excluding hydrogens is 280 g/mol. The van der Waals surface area contributed by atoms with Gasteiger partial charge in [-0.3, -0.25) is 9.59 Å². The number of amides is 2. The molecule has 3 atom stereocenters. The molecule has 1 aliphatic carbocycles. The summed E-state index contributed by atoms with van der Waals surface area (Å²) in [7, 11) is 0. The summed E-state index contributed by atoms with van der Waals surface area (Å²) in [4.78, 5) is 26.1. The van der Waals surface area contributed by atoms with E-state index >= 15 is 0 Å². The second kappa shape index (κ2) is 4.69. The number of carbonyl (C=O) groups excluding carboxylic acids is 2. The van der Waals surface area contributed by atoms with E-state index in [0.29, 0.717) is 18.2 Å². The first kappa shape index (κ1) is 13.1. The summed E-state index contributed by atoms with van der Waals surface area (Å²) in [6.45, 7) is 0.608. The van der Waals surface area contributed by atoms with Crippen molar-refractivity contribution in [3.63, 3.8) is 0 Å². The van der Waals surface area contributed by atoms with Gasteiger partial charge in [0.25, 0.3) is 5.91 Å². The molecule has 1 saturated heterocycles. The van der Waals surface area contributed by atoms with Crippen molar-refractivity contribution in [1.82, 2.24) is 14.7 Å². The number of aromatic nitrogens is 2. The van der Waals surface area contributed by atoms with E-state index < -0.39 is 11.9 Å². The average Bonchev–Trinajstić information content (AvgIpc) is 2.99. The predicted octanol–water partition coefficient (Wildman–Crippen LogP) is 0.818. The third-order valence-electron chi connectivity index (χ3n) is 4.56. The summed E-state index contributed by atoms with van der Waals surface area (Å²) >= 11 is 0. The van der Waals surface area contributed by atoms with Crippen LogP contribution in [0.5, 0.6) is 0 Å². The highest BCUT2D eigenvalue weighted by atomic mass is 16.2. The van der Waals surface area contributed by atoms with Crippen LogP contribution in [-0.2, 0) is 4.79 Å². The Kier molecular flexibility index (Phi) is 2.79. The maximum atomic E-state index is 12.8. The van der Waals surface area contributed by atoms with Gasteiger partial charge in [-0.1, -0.05) is 18.2 Å². The normalized spacial score (nSPS) is 25.8. The number of nitrogens with two attached hydrogens (primary N) is 1. The van der Waals surface area contributed by atoms with Crippen LogP contribution >= 0.6 is 0 Å². The van der Waals surface area contributed by atoms with Gasteiger partial charge >= 0.3 is 0 Å². The molecule has 112 valence electrons. The molecule has 0 bridgehead atoms. The molecule has 2 N–H and O–H groups in total. The molecule has 0 unspecified atom stereocenters. The zero-order chi connectivity index (χ0) is 15.3. The van der Waals surface area contributed by atoms with Crippen molar-refractivity contribution < 1.29 is 9.59 Å². The lowest BCUT2D eigenvalue weighted by Crippen LogP contribution is -2.46. The monoisotopic (exact) mass is 296 g/mol. The van der Waals surface area contributed by atoms with Crippen LogP contribution in [0.25, 0.3) is 5.69 Å². The van der Waals surface area contributed by atoms with Crippen molar-refractivity contribution in [1.29, 1.82) is 0 Å².